The topological polar surface area (TPSA) is 42.0 Å². The first-order chi connectivity index (χ1) is 9.38. The number of nitrogens with one attached hydrogen (secondary N) is 1. The molecule has 0 aliphatic heterocycles. The van der Waals surface area contributed by atoms with E-state index in [0.29, 0.717) is 0 Å². The van der Waals surface area contributed by atoms with Crippen LogP contribution in [0.15, 0.2) is 24.4 Å². The molecular formula is C12H5Cl4FN2O. The minimum atomic E-state index is -0.753. The Kier molecular flexibility index (Phi) is 4.70. The van der Waals surface area contributed by atoms with Crippen molar-refractivity contribution in [1.82, 2.24) is 4.98 Å². The molecule has 2 rings (SSSR count). The molecule has 0 bridgehead atoms. The number of rotatable bonds is 2. The van der Waals surface area contributed by atoms with Gasteiger partial charge in [0.25, 0.3) is 5.91 Å². The fourth-order valence-corrected chi connectivity index (χ4v) is 2.25. The van der Waals surface area contributed by atoms with Crippen molar-refractivity contribution in [2.75, 3.05) is 5.32 Å². The van der Waals surface area contributed by atoms with Gasteiger partial charge in [0.15, 0.2) is 5.82 Å². The average Bonchev–Trinajstić information content (AvgIpc) is 2.38. The molecule has 1 N–H and O–H groups in total. The molecule has 8 heteroatoms. The number of carbonyl (C=O) groups excluding carboxylic acids is 1. The minimum Gasteiger partial charge on any atom is -0.322 e. The van der Waals surface area contributed by atoms with E-state index in [1.807, 2.05) is 0 Å². The van der Waals surface area contributed by atoms with E-state index in [-0.39, 0.29) is 31.5 Å². The van der Waals surface area contributed by atoms with Gasteiger partial charge >= 0.3 is 0 Å². The van der Waals surface area contributed by atoms with Crippen LogP contribution in [0.4, 0.5) is 10.1 Å². The second kappa shape index (κ2) is 6.14. The van der Waals surface area contributed by atoms with Crippen LogP contribution in [0.25, 0.3) is 0 Å². The van der Waals surface area contributed by atoms with Crippen molar-refractivity contribution >= 4 is 58.0 Å². The largest absolute Gasteiger partial charge is 0.322 e. The molecule has 0 spiro atoms. The Morgan fingerprint density at radius 1 is 1.05 bits per heavy atom. The number of benzene rings is 1. The van der Waals surface area contributed by atoms with Crippen molar-refractivity contribution < 1.29 is 9.18 Å². The number of pyridine rings is 1. The molecule has 0 fully saturated rings. The Bertz CT molecular complexity index is 670. The third-order valence-electron chi connectivity index (χ3n) is 2.31. The number of aromatic nitrogens is 1. The normalized spacial score (nSPS) is 10.4. The summed E-state index contributed by atoms with van der Waals surface area (Å²) < 4.78 is 13.3. The molecule has 0 unspecified atom stereocenters. The monoisotopic (exact) mass is 352 g/mol. The Morgan fingerprint density at radius 3 is 2.25 bits per heavy atom. The van der Waals surface area contributed by atoms with Gasteiger partial charge < -0.3 is 5.32 Å². The lowest BCUT2D eigenvalue weighted by Gasteiger charge is -2.08. The van der Waals surface area contributed by atoms with Crippen LogP contribution in [0.1, 0.15) is 10.4 Å². The minimum absolute atomic E-state index is 0.120. The SMILES string of the molecule is O=C(Nc1cc(Cl)c(F)c(Cl)c1)c1cc(Cl)ncc1Cl. The quantitative estimate of drug-likeness (QED) is 0.603. The molecular weight excluding hydrogens is 349 g/mol. The van der Waals surface area contributed by atoms with Crippen LogP contribution in [0.5, 0.6) is 0 Å². The molecule has 104 valence electrons. The standard InChI is InChI=1S/C12H5Cl4FN2O/c13-7-1-5(2-8(14)11(7)17)19-12(20)6-3-10(16)18-4-9(6)15/h1-4H,(H,19,20). The van der Waals surface area contributed by atoms with Gasteiger partial charge in [0.05, 0.1) is 20.6 Å². The van der Waals surface area contributed by atoms with E-state index in [9.17, 15) is 9.18 Å². The highest BCUT2D eigenvalue weighted by Crippen LogP contribution is 2.28. The summed E-state index contributed by atoms with van der Waals surface area (Å²) in [6, 6.07) is 3.78. The number of anilines is 1. The van der Waals surface area contributed by atoms with E-state index in [1.54, 1.807) is 0 Å². The Balaban J connectivity index is 2.30. The summed E-state index contributed by atoms with van der Waals surface area (Å²) in [7, 11) is 0. The summed E-state index contributed by atoms with van der Waals surface area (Å²) in [5.74, 6) is -1.30. The van der Waals surface area contributed by atoms with Crippen molar-refractivity contribution in [1.29, 1.82) is 0 Å². The maximum atomic E-state index is 13.3. The van der Waals surface area contributed by atoms with E-state index >= 15 is 0 Å². The van der Waals surface area contributed by atoms with E-state index in [4.69, 9.17) is 46.4 Å². The van der Waals surface area contributed by atoms with E-state index in [2.05, 4.69) is 10.3 Å². The van der Waals surface area contributed by atoms with Gasteiger partial charge in [0, 0.05) is 11.9 Å². The van der Waals surface area contributed by atoms with Crippen LogP contribution in [0, 0.1) is 5.82 Å². The summed E-state index contributed by atoms with van der Waals surface area (Å²) in [6.07, 6.45) is 1.25. The first-order valence-corrected chi connectivity index (χ1v) is 6.66. The second-order valence-corrected chi connectivity index (χ2v) is 5.30. The molecule has 2 aromatic rings. The van der Waals surface area contributed by atoms with E-state index in [1.165, 1.54) is 24.4 Å². The fraction of sp³-hybridized carbons (Fsp3) is 0. The molecule has 0 saturated carbocycles. The molecule has 1 aromatic heterocycles. The summed E-state index contributed by atoms with van der Waals surface area (Å²) in [5, 5.41) is 2.34. The van der Waals surface area contributed by atoms with Crippen LogP contribution >= 0.6 is 46.4 Å². The molecule has 3 nitrogen and oxygen atoms in total. The summed E-state index contributed by atoms with van der Waals surface area (Å²) in [5.41, 5.74) is 0.360. The number of hydrogen-bond donors (Lipinski definition) is 1. The zero-order valence-electron chi connectivity index (χ0n) is 9.55. The predicted molar refractivity (Wildman–Crippen MR) is 78.6 cm³/mol. The summed E-state index contributed by atoms with van der Waals surface area (Å²) >= 11 is 22.8. The highest BCUT2D eigenvalue weighted by atomic mass is 35.5. The van der Waals surface area contributed by atoms with Crippen LogP contribution in [0.2, 0.25) is 20.2 Å². The Labute approximate surface area is 133 Å². The molecule has 1 aromatic carbocycles. The molecule has 0 saturated heterocycles. The lowest BCUT2D eigenvalue weighted by Crippen LogP contribution is -2.13. The van der Waals surface area contributed by atoms with E-state index < -0.39 is 11.7 Å². The molecule has 20 heavy (non-hydrogen) atoms. The van der Waals surface area contributed by atoms with Crippen LogP contribution in [0.3, 0.4) is 0 Å². The maximum Gasteiger partial charge on any atom is 0.257 e. The maximum absolute atomic E-state index is 13.3. The number of hydrogen-bond acceptors (Lipinski definition) is 2. The van der Waals surface area contributed by atoms with Crippen molar-refractivity contribution in [2.45, 2.75) is 0 Å². The molecule has 0 aliphatic rings. The lowest BCUT2D eigenvalue weighted by atomic mass is 10.2. The zero-order chi connectivity index (χ0) is 14.9. The molecule has 0 aliphatic carbocycles. The van der Waals surface area contributed by atoms with Gasteiger partial charge in [-0.2, -0.15) is 0 Å². The molecule has 0 atom stereocenters. The van der Waals surface area contributed by atoms with Gasteiger partial charge in [0.2, 0.25) is 0 Å². The Morgan fingerprint density at radius 2 is 1.65 bits per heavy atom. The summed E-state index contributed by atoms with van der Waals surface area (Å²) in [6.45, 7) is 0. The lowest BCUT2D eigenvalue weighted by molar-refractivity contribution is 0.102. The van der Waals surface area contributed by atoms with Gasteiger partial charge in [-0.3, -0.25) is 4.79 Å². The fourth-order valence-electron chi connectivity index (χ4n) is 1.41. The van der Waals surface area contributed by atoms with E-state index in [0.717, 1.165) is 0 Å². The number of carbonyl (C=O) groups is 1. The van der Waals surface area contributed by atoms with Gasteiger partial charge in [0.1, 0.15) is 5.15 Å². The van der Waals surface area contributed by atoms with Gasteiger partial charge in [-0.1, -0.05) is 46.4 Å². The van der Waals surface area contributed by atoms with Gasteiger partial charge in [-0.05, 0) is 18.2 Å². The first-order valence-electron chi connectivity index (χ1n) is 5.15. The van der Waals surface area contributed by atoms with Crippen LogP contribution in [-0.4, -0.2) is 10.9 Å². The predicted octanol–water partition coefficient (Wildman–Crippen LogP) is 5.09. The van der Waals surface area contributed by atoms with Crippen LogP contribution in [-0.2, 0) is 0 Å². The number of halogens is 5. The third kappa shape index (κ3) is 3.33. The first kappa shape index (κ1) is 15.3. The van der Waals surface area contributed by atoms with Gasteiger partial charge in [-0.15, -0.1) is 0 Å². The Hall–Kier alpha value is -1.07. The second-order valence-electron chi connectivity index (χ2n) is 3.69. The molecule has 0 radical (unpaired) electrons. The highest BCUT2D eigenvalue weighted by molar-refractivity contribution is 6.36. The zero-order valence-corrected chi connectivity index (χ0v) is 12.6. The number of nitrogens with zero attached hydrogens (tertiary/aromatic N) is 1. The third-order valence-corrected chi connectivity index (χ3v) is 3.37. The average molecular weight is 354 g/mol. The van der Waals surface area contributed by atoms with Crippen molar-refractivity contribution in [3.63, 3.8) is 0 Å². The van der Waals surface area contributed by atoms with Crippen molar-refractivity contribution in [3.8, 4) is 0 Å². The summed E-state index contributed by atoms with van der Waals surface area (Å²) in [4.78, 5) is 15.8. The van der Waals surface area contributed by atoms with Crippen molar-refractivity contribution in [3.05, 3.63) is 56.0 Å². The molecule has 1 amide bonds. The van der Waals surface area contributed by atoms with Crippen LogP contribution < -0.4 is 5.32 Å². The molecule has 1 heterocycles. The van der Waals surface area contributed by atoms with Gasteiger partial charge in [-0.25, -0.2) is 9.37 Å². The smallest absolute Gasteiger partial charge is 0.257 e. The van der Waals surface area contributed by atoms with Crippen molar-refractivity contribution in [2.24, 2.45) is 0 Å². The number of amides is 1. The highest BCUT2D eigenvalue weighted by Gasteiger charge is 2.14.